The van der Waals surface area contributed by atoms with Crippen LogP contribution in [0.4, 0.5) is 5.69 Å². The number of hydrazine groups is 1. The molecule has 0 atom stereocenters. The number of anilines is 1. The van der Waals surface area contributed by atoms with Crippen LogP contribution in [0.1, 0.15) is 44.0 Å². The second-order valence-corrected chi connectivity index (χ2v) is 7.57. The number of rotatable bonds is 3. The summed E-state index contributed by atoms with van der Waals surface area (Å²) in [6.45, 7) is 8.27. The van der Waals surface area contributed by atoms with Gasteiger partial charge in [0.1, 0.15) is 5.15 Å². The van der Waals surface area contributed by atoms with Crippen LogP contribution in [-0.2, 0) is 4.79 Å². The van der Waals surface area contributed by atoms with E-state index >= 15 is 0 Å². The van der Waals surface area contributed by atoms with Crippen LogP contribution < -0.4 is 16.2 Å². The molecule has 0 aliphatic carbocycles. The normalized spacial score (nSPS) is 16.4. The summed E-state index contributed by atoms with van der Waals surface area (Å²) in [6.07, 6.45) is 2.93. The number of likely N-dealkylation sites (tertiary alicyclic amines) is 1. The molecule has 0 unspecified atom stereocenters. The predicted molar refractivity (Wildman–Crippen MR) is 98.5 cm³/mol. The summed E-state index contributed by atoms with van der Waals surface area (Å²) in [5.41, 5.74) is 5.95. The van der Waals surface area contributed by atoms with Gasteiger partial charge in [-0.1, -0.05) is 11.6 Å². The first-order valence-electron chi connectivity index (χ1n) is 8.41. The van der Waals surface area contributed by atoms with Crippen molar-refractivity contribution in [3.8, 4) is 0 Å². The molecule has 7 nitrogen and oxygen atoms in total. The molecule has 3 N–H and O–H groups in total. The minimum absolute atomic E-state index is 0.0917. The van der Waals surface area contributed by atoms with E-state index in [1.165, 1.54) is 6.20 Å². The lowest BCUT2D eigenvalue weighted by Crippen LogP contribution is -2.50. The summed E-state index contributed by atoms with van der Waals surface area (Å²) in [6, 6.07) is 1.56. The van der Waals surface area contributed by atoms with Gasteiger partial charge in [0.15, 0.2) is 0 Å². The predicted octanol–water partition coefficient (Wildman–Crippen LogP) is 2.05. The van der Waals surface area contributed by atoms with E-state index in [0.29, 0.717) is 11.3 Å². The molecule has 1 aliphatic rings. The van der Waals surface area contributed by atoms with Crippen molar-refractivity contribution in [1.29, 1.82) is 0 Å². The third-order valence-electron chi connectivity index (χ3n) is 4.50. The molecule has 1 aliphatic heterocycles. The first kappa shape index (κ1) is 19.5. The maximum atomic E-state index is 12.3. The van der Waals surface area contributed by atoms with Crippen molar-refractivity contribution in [2.45, 2.75) is 39.2 Å². The maximum absolute atomic E-state index is 12.3. The van der Waals surface area contributed by atoms with Gasteiger partial charge in [-0.3, -0.25) is 25.3 Å². The molecule has 25 heavy (non-hydrogen) atoms. The number of carbonyl (C=O) groups is 2. The fraction of sp³-hybridized carbons (Fsp3) is 0.588. The lowest BCUT2D eigenvalue weighted by atomic mass is 9.92. The summed E-state index contributed by atoms with van der Waals surface area (Å²) in [4.78, 5) is 30.8. The molecular formula is C17H26ClN5O2. The van der Waals surface area contributed by atoms with Gasteiger partial charge in [-0.05, 0) is 52.8 Å². The lowest BCUT2D eigenvalue weighted by molar-refractivity contribution is -0.127. The largest absolute Gasteiger partial charge is 0.387 e. The van der Waals surface area contributed by atoms with Crippen molar-refractivity contribution in [3.63, 3.8) is 0 Å². The Labute approximate surface area is 153 Å². The molecule has 0 spiro atoms. The number of amides is 2. The number of pyridine rings is 1. The van der Waals surface area contributed by atoms with Crippen LogP contribution in [0, 0.1) is 5.92 Å². The van der Waals surface area contributed by atoms with Crippen molar-refractivity contribution in [1.82, 2.24) is 20.7 Å². The first-order valence-corrected chi connectivity index (χ1v) is 8.78. The van der Waals surface area contributed by atoms with E-state index in [1.807, 2.05) is 0 Å². The molecule has 2 amide bonds. The van der Waals surface area contributed by atoms with Crippen molar-refractivity contribution < 1.29 is 9.59 Å². The molecule has 0 bridgehead atoms. The van der Waals surface area contributed by atoms with Crippen LogP contribution in [0.3, 0.4) is 0 Å². The van der Waals surface area contributed by atoms with Gasteiger partial charge in [-0.2, -0.15) is 0 Å². The van der Waals surface area contributed by atoms with E-state index < -0.39 is 5.91 Å². The van der Waals surface area contributed by atoms with E-state index in [0.717, 1.165) is 25.9 Å². The zero-order valence-electron chi connectivity index (χ0n) is 15.1. The quantitative estimate of drug-likeness (QED) is 0.562. The maximum Gasteiger partial charge on any atom is 0.273 e. The molecule has 1 fully saturated rings. The topological polar surface area (TPSA) is 86.4 Å². The Kier molecular flexibility index (Phi) is 6.24. The van der Waals surface area contributed by atoms with Crippen molar-refractivity contribution in [2.24, 2.45) is 5.92 Å². The van der Waals surface area contributed by atoms with Crippen LogP contribution in [0.5, 0.6) is 0 Å². The number of nitrogens with zero attached hydrogens (tertiary/aromatic N) is 2. The Bertz CT molecular complexity index is 636. The van der Waals surface area contributed by atoms with E-state index in [9.17, 15) is 9.59 Å². The molecule has 0 saturated carbocycles. The van der Waals surface area contributed by atoms with Crippen molar-refractivity contribution >= 4 is 29.1 Å². The lowest BCUT2D eigenvalue weighted by Gasteiger charge is -2.40. The van der Waals surface area contributed by atoms with Crippen LogP contribution in [0.25, 0.3) is 0 Å². The third kappa shape index (κ3) is 5.06. The van der Waals surface area contributed by atoms with E-state index in [4.69, 9.17) is 11.6 Å². The average Bonchev–Trinajstić information content (AvgIpc) is 2.58. The zero-order valence-corrected chi connectivity index (χ0v) is 15.9. The highest BCUT2D eigenvalue weighted by molar-refractivity contribution is 6.29. The SMILES string of the molecule is CNc1cc(Cl)ncc1C(=O)NNC(=O)C1CCN(C(C)(C)C)CC1. The fourth-order valence-corrected chi connectivity index (χ4v) is 3.08. The summed E-state index contributed by atoms with van der Waals surface area (Å²) in [5.74, 6) is -0.685. The van der Waals surface area contributed by atoms with Gasteiger partial charge in [-0.25, -0.2) is 4.98 Å². The zero-order chi connectivity index (χ0) is 18.6. The van der Waals surface area contributed by atoms with Crippen LogP contribution in [0.15, 0.2) is 12.3 Å². The van der Waals surface area contributed by atoms with Crippen molar-refractivity contribution in [3.05, 3.63) is 23.0 Å². The van der Waals surface area contributed by atoms with Gasteiger partial charge < -0.3 is 5.32 Å². The Hall–Kier alpha value is -1.86. The number of hydrogen-bond donors (Lipinski definition) is 3. The second-order valence-electron chi connectivity index (χ2n) is 7.18. The van der Waals surface area contributed by atoms with Gasteiger partial charge in [0.05, 0.1) is 11.3 Å². The standard InChI is InChI=1S/C17H26ClN5O2/c1-17(2,3)23-7-5-11(6-8-23)15(24)21-22-16(25)12-10-20-14(18)9-13(12)19-4/h9-11H,5-8H2,1-4H3,(H,19,20)(H,21,24)(H,22,25). The van der Waals surface area contributed by atoms with Gasteiger partial charge in [-0.15, -0.1) is 0 Å². The molecule has 2 rings (SSSR count). The minimum Gasteiger partial charge on any atom is -0.387 e. The molecule has 0 radical (unpaired) electrons. The molecular weight excluding hydrogens is 342 g/mol. The minimum atomic E-state index is -0.436. The second kappa shape index (κ2) is 8.01. The number of piperidine rings is 1. The van der Waals surface area contributed by atoms with Crippen molar-refractivity contribution in [2.75, 3.05) is 25.5 Å². The smallest absolute Gasteiger partial charge is 0.273 e. The number of aromatic nitrogens is 1. The molecule has 1 aromatic rings. The summed E-state index contributed by atoms with van der Waals surface area (Å²) in [7, 11) is 1.68. The number of halogens is 1. The number of nitrogens with one attached hydrogen (secondary N) is 3. The third-order valence-corrected chi connectivity index (χ3v) is 4.70. The van der Waals surface area contributed by atoms with Crippen LogP contribution in [-0.4, -0.2) is 47.4 Å². The van der Waals surface area contributed by atoms with Crippen LogP contribution >= 0.6 is 11.6 Å². The van der Waals surface area contributed by atoms with Gasteiger partial charge >= 0.3 is 0 Å². The highest BCUT2D eigenvalue weighted by Crippen LogP contribution is 2.23. The van der Waals surface area contributed by atoms with E-state index in [2.05, 4.69) is 46.8 Å². The Morgan fingerprint density at radius 2 is 1.88 bits per heavy atom. The van der Waals surface area contributed by atoms with Gasteiger partial charge in [0, 0.05) is 24.7 Å². The molecule has 0 aromatic carbocycles. The monoisotopic (exact) mass is 367 g/mol. The molecule has 138 valence electrons. The first-order chi connectivity index (χ1) is 11.7. The molecule has 1 saturated heterocycles. The highest BCUT2D eigenvalue weighted by atomic mass is 35.5. The highest BCUT2D eigenvalue weighted by Gasteiger charge is 2.30. The van der Waals surface area contributed by atoms with Crippen LogP contribution in [0.2, 0.25) is 5.15 Å². The average molecular weight is 368 g/mol. The summed E-state index contributed by atoms with van der Waals surface area (Å²) in [5, 5.41) is 3.17. The summed E-state index contributed by atoms with van der Waals surface area (Å²) >= 11 is 5.82. The molecule has 2 heterocycles. The van der Waals surface area contributed by atoms with E-state index in [1.54, 1.807) is 13.1 Å². The summed E-state index contributed by atoms with van der Waals surface area (Å²) < 4.78 is 0. The van der Waals surface area contributed by atoms with Gasteiger partial charge in [0.2, 0.25) is 5.91 Å². The Morgan fingerprint density at radius 1 is 1.24 bits per heavy atom. The Balaban J connectivity index is 1.87. The van der Waals surface area contributed by atoms with E-state index in [-0.39, 0.29) is 22.5 Å². The molecule has 1 aromatic heterocycles. The molecule has 8 heteroatoms. The number of hydrogen-bond acceptors (Lipinski definition) is 5. The Morgan fingerprint density at radius 3 is 2.44 bits per heavy atom. The van der Waals surface area contributed by atoms with Gasteiger partial charge in [0.25, 0.3) is 5.91 Å². The fourth-order valence-electron chi connectivity index (χ4n) is 2.92. The number of carbonyl (C=O) groups excluding carboxylic acids is 2.